The molecule has 1 heterocycles. The van der Waals surface area contributed by atoms with Gasteiger partial charge in [0.2, 0.25) is 0 Å². The average Bonchev–Trinajstić information content (AvgIpc) is 2.49. The van der Waals surface area contributed by atoms with Crippen molar-refractivity contribution in [2.45, 2.75) is 0 Å². The number of H-pyrrole nitrogens is 1. The molecule has 1 aromatic heterocycles. The minimum atomic E-state index is 0.0587. The topological polar surface area (TPSA) is 78.6 Å². The van der Waals surface area contributed by atoms with Crippen LogP contribution in [0.15, 0.2) is 24.5 Å². The SMILES string of the molecule is N=[N+]([O-])c1cccc2[nH]cnc12. The zero-order valence-electron chi connectivity index (χ0n) is 6.11. The molecule has 60 valence electrons. The van der Waals surface area contributed by atoms with Gasteiger partial charge in [-0.25, -0.2) is 4.98 Å². The summed E-state index contributed by atoms with van der Waals surface area (Å²) in [5, 5.41) is 10.7. The van der Waals surface area contributed by atoms with Crippen LogP contribution in [0.3, 0.4) is 0 Å². The van der Waals surface area contributed by atoms with E-state index in [0.29, 0.717) is 5.52 Å². The maximum absolute atomic E-state index is 10.7. The smallest absolute Gasteiger partial charge is 0.271 e. The highest BCUT2D eigenvalue weighted by molar-refractivity contribution is 5.83. The van der Waals surface area contributed by atoms with Gasteiger partial charge in [0, 0.05) is 6.07 Å². The Bertz CT molecular complexity index is 434. The van der Waals surface area contributed by atoms with Gasteiger partial charge in [-0.1, -0.05) is 10.9 Å². The fourth-order valence-electron chi connectivity index (χ4n) is 1.11. The third-order valence-electron chi connectivity index (χ3n) is 1.65. The van der Waals surface area contributed by atoms with Crippen LogP contribution in [0.1, 0.15) is 0 Å². The Labute approximate surface area is 67.7 Å². The quantitative estimate of drug-likeness (QED) is 0.380. The number of benzene rings is 1. The van der Waals surface area contributed by atoms with E-state index in [2.05, 4.69) is 9.97 Å². The van der Waals surface area contributed by atoms with Crippen molar-refractivity contribution in [2.24, 2.45) is 0 Å². The molecule has 5 nitrogen and oxygen atoms in total. The number of nitrogens with one attached hydrogen (secondary N) is 2. The van der Waals surface area contributed by atoms with Gasteiger partial charge in [-0.05, 0) is 11.6 Å². The van der Waals surface area contributed by atoms with Crippen molar-refractivity contribution in [3.8, 4) is 0 Å². The number of aromatic nitrogens is 2. The molecule has 0 fully saturated rings. The lowest BCUT2D eigenvalue weighted by Gasteiger charge is -1.95. The number of aromatic amines is 1. The molecular formula is C7H6N4O. The fraction of sp³-hybridized carbons (Fsp3) is 0. The van der Waals surface area contributed by atoms with E-state index in [9.17, 15) is 5.21 Å². The summed E-state index contributed by atoms with van der Waals surface area (Å²) in [7, 11) is 0. The number of hydrogen-bond acceptors (Lipinski definition) is 3. The molecule has 2 aromatic rings. The number of rotatable bonds is 1. The summed E-state index contributed by atoms with van der Waals surface area (Å²) in [6.45, 7) is 0. The molecule has 0 aliphatic carbocycles. The Hall–Kier alpha value is -1.91. The van der Waals surface area contributed by atoms with Crippen LogP contribution in [0.2, 0.25) is 0 Å². The van der Waals surface area contributed by atoms with E-state index >= 15 is 0 Å². The molecule has 0 amide bonds. The zero-order chi connectivity index (χ0) is 8.55. The standard InChI is InChI=1S/C7H6N4O/c8-11(12)6-3-1-2-5-7(6)10-4-9-5/h1-4,8H,(H,9,10). The van der Waals surface area contributed by atoms with Crippen LogP contribution in [0.4, 0.5) is 5.69 Å². The van der Waals surface area contributed by atoms with Gasteiger partial charge in [-0.3, -0.25) is 0 Å². The molecular weight excluding hydrogens is 156 g/mol. The van der Waals surface area contributed by atoms with Crippen LogP contribution in [0.5, 0.6) is 0 Å². The first-order chi connectivity index (χ1) is 5.79. The summed E-state index contributed by atoms with van der Waals surface area (Å²) in [6.07, 6.45) is 1.50. The van der Waals surface area contributed by atoms with Gasteiger partial charge in [-0.2, -0.15) is 0 Å². The molecule has 0 radical (unpaired) electrons. The minimum absolute atomic E-state index is 0.0587. The molecule has 0 unspecified atom stereocenters. The highest BCUT2D eigenvalue weighted by atomic mass is 16.5. The average molecular weight is 162 g/mol. The molecule has 12 heavy (non-hydrogen) atoms. The van der Waals surface area contributed by atoms with Crippen molar-refractivity contribution in [1.82, 2.24) is 9.97 Å². The monoisotopic (exact) mass is 162 g/mol. The predicted molar refractivity (Wildman–Crippen MR) is 42.1 cm³/mol. The normalized spacial score (nSPS) is 10.3. The molecule has 0 saturated heterocycles. The Morgan fingerprint density at radius 1 is 1.50 bits per heavy atom. The molecule has 0 atom stereocenters. The van der Waals surface area contributed by atoms with Gasteiger partial charge in [0.05, 0.1) is 11.8 Å². The van der Waals surface area contributed by atoms with Gasteiger partial charge in [0.25, 0.3) is 5.69 Å². The van der Waals surface area contributed by atoms with Crippen LogP contribution < -0.4 is 0 Å². The molecule has 2 N–H and O–H groups in total. The number of para-hydroxylation sites is 1. The van der Waals surface area contributed by atoms with E-state index < -0.39 is 0 Å². The van der Waals surface area contributed by atoms with Crippen molar-refractivity contribution in [3.05, 3.63) is 29.7 Å². The first kappa shape index (κ1) is 6.78. The molecule has 0 aliphatic rings. The zero-order valence-corrected chi connectivity index (χ0v) is 6.11. The Morgan fingerprint density at radius 2 is 2.33 bits per heavy atom. The molecule has 1 aromatic carbocycles. The van der Waals surface area contributed by atoms with E-state index in [0.717, 1.165) is 5.52 Å². The van der Waals surface area contributed by atoms with Gasteiger partial charge in [0.15, 0.2) is 5.52 Å². The molecule has 0 bridgehead atoms. The van der Waals surface area contributed by atoms with Crippen LogP contribution in [-0.2, 0) is 0 Å². The van der Waals surface area contributed by atoms with Gasteiger partial charge < -0.3 is 10.2 Å². The summed E-state index contributed by atoms with van der Waals surface area (Å²) in [4.78, 5) is 6.84. The highest BCUT2D eigenvalue weighted by Gasteiger charge is 2.09. The first-order valence-corrected chi connectivity index (χ1v) is 3.39. The largest absolute Gasteiger partial charge is 0.594 e. The number of hydrogen-bond donors (Lipinski definition) is 2. The molecule has 0 aliphatic heterocycles. The summed E-state index contributed by atoms with van der Waals surface area (Å²) in [5.74, 6) is 0. The molecule has 0 saturated carbocycles. The number of imidazole rings is 1. The van der Waals surface area contributed by atoms with E-state index in [1.54, 1.807) is 18.2 Å². The summed E-state index contributed by atoms with van der Waals surface area (Å²) in [5.41, 5.74) is 8.42. The Balaban J connectivity index is 2.82. The van der Waals surface area contributed by atoms with E-state index in [1.165, 1.54) is 6.33 Å². The maximum Gasteiger partial charge on any atom is 0.271 e. The second-order valence-corrected chi connectivity index (χ2v) is 2.37. The van der Waals surface area contributed by atoms with Crippen molar-refractivity contribution in [1.29, 1.82) is 5.53 Å². The van der Waals surface area contributed by atoms with E-state index in [4.69, 9.17) is 5.53 Å². The van der Waals surface area contributed by atoms with Crippen molar-refractivity contribution in [3.63, 3.8) is 0 Å². The van der Waals surface area contributed by atoms with E-state index in [1.807, 2.05) is 0 Å². The van der Waals surface area contributed by atoms with Gasteiger partial charge in [0.1, 0.15) is 0 Å². The van der Waals surface area contributed by atoms with Crippen LogP contribution in [0.25, 0.3) is 11.0 Å². The third kappa shape index (κ3) is 0.833. The second-order valence-electron chi connectivity index (χ2n) is 2.37. The summed E-state index contributed by atoms with van der Waals surface area (Å²) in [6, 6.07) is 5.06. The van der Waals surface area contributed by atoms with E-state index in [-0.39, 0.29) is 10.5 Å². The lowest BCUT2D eigenvalue weighted by atomic mass is 10.3. The fourth-order valence-corrected chi connectivity index (χ4v) is 1.11. The van der Waals surface area contributed by atoms with Crippen LogP contribution >= 0.6 is 0 Å². The Kier molecular flexibility index (Phi) is 1.30. The minimum Gasteiger partial charge on any atom is -0.594 e. The van der Waals surface area contributed by atoms with Crippen molar-refractivity contribution in [2.75, 3.05) is 0 Å². The number of nitrogens with zero attached hydrogens (tertiary/aromatic N) is 2. The van der Waals surface area contributed by atoms with Crippen LogP contribution in [0, 0.1) is 10.7 Å². The van der Waals surface area contributed by atoms with Crippen molar-refractivity contribution >= 4 is 16.7 Å². The molecule has 0 spiro atoms. The summed E-state index contributed by atoms with van der Waals surface area (Å²) >= 11 is 0. The molecule has 5 heteroatoms. The molecule has 2 rings (SSSR count). The van der Waals surface area contributed by atoms with Crippen LogP contribution in [-0.4, -0.2) is 14.8 Å². The number of fused-ring (bicyclic) bond motifs is 1. The lowest BCUT2D eigenvalue weighted by molar-refractivity contribution is -0.464. The Morgan fingerprint density at radius 3 is 3.08 bits per heavy atom. The third-order valence-corrected chi connectivity index (χ3v) is 1.65. The maximum atomic E-state index is 10.7. The van der Waals surface area contributed by atoms with Crippen molar-refractivity contribution < 1.29 is 4.86 Å². The second kappa shape index (κ2) is 2.30. The lowest BCUT2D eigenvalue weighted by Crippen LogP contribution is -1.88. The highest BCUT2D eigenvalue weighted by Crippen LogP contribution is 2.21. The summed E-state index contributed by atoms with van der Waals surface area (Å²) < 4.78 is 0. The predicted octanol–water partition coefficient (Wildman–Crippen LogP) is 1.74. The van der Waals surface area contributed by atoms with Gasteiger partial charge >= 0.3 is 0 Å². The first-order valence-electron chi connectivity index (χ1n) is 3.39. The van der Waals surface area contributed by atoms with Gasteiger partial charge in [-0.15, -0.1) is 0 Å².